The van der Waals surface area contributed by atoms with Gasteiger partial charge in [0.1, 0.15) is 0 Å². The van der Waals surface area contributed by atoms with Gasteiger partial charge in [0.05, 0.1) is 67.1 Å². The van der Waals surface area contributed by atoms with Crippen LogP contribution in [0.25, 0.3) is 88.9 Å². The first-order chi connectivity index (χ1) is 39.7. The van der Waals surface area contributed by atoms with Gasteiger partial charge >= 0.3 is 0 Å². The lowest BCUT2D eigenvalue weighted by Gasteiger charge is -2.14. The van der Waals surface area contributed by atoms with E-state index in [-0.39, 0.29) is 44.5 Å². The van der Waals surface area contributed by atoms with Crippen LogP contribution >= 0.6 is 0 Å². The standard InChI is InChI=1S/C60H42F20N4/c1-9-17-18(10-2)54-30(26-35(63)43(71)50(78)44(72)36(26)64)56-21(13-5)22(14-6)58(83-56)32(28-39(67)47(75)52(80)48(76)40(28)68)60-24(16-8)23(15-7)59(84-60)31(27-37(65)45(73)51(79)46(74)38(27)66)57-20(12-4)19(11-3)55(82-57)29(53(17)81-54)25-33(61)41(69)49(77)42(70)34(25)62/h81,84H,9-16H2,1-8H3. The number of aryl methyl sites for hydroxylation is 4. The lowest BCUT2D eigenvalue weighted by Crippen LogP contribution is -2.07. The predicted octanol–water partition coefficient (Wildman–Crippen LogP) is 19.5. The molecule has 0 saturated heterocycles. The highest BCUT2D eigenvalue weighted by atomic mass is 19.2. The van der Waals surface area contributed by atoms with Crippen molar-refractivity contribution in [2.75, 3.05) is 0 Å². The van der Waals surface area contributed by atoms with Crippen molar-refractivity contribution in [3.63, 3.8) is 0 Å². The molecule has 0 aliphatic carbocycles. The molecule has 5 heterocycles. The Kier molecular flexibility index (Phi) is 16.1. The van der Waals surface area contributed by atoms with Gasteiger partial charge in [-0.1, -0.05) is 55.4 Å². The molecule has 0 amide bonds. The molecule has 0 unspecified atom stereocenters. The number of rotatable bonds is 12. The molecule has 0 fully saturated rings. The van der Waals surface area contributed by atoms with Crippen molar-refractivity contribution >= 4 is 44.4 Å². The van der Waals surface area contributed by atoms with E-state index in [9.17, 15) is 0 Å². The number of benzene rings is 4. The average molecular weight is 1200 g/mol. The summed E-state index contributed by atoms with van der Waals surface area (Å²) in [6.45, 7) is 10.6. The second-order valence-corrected chi connectivity index (χ2v) is 19.3. The van der Waals surface area contributed by atoms with E-state index in [1.807, 2.05) is 0 Å². The van der Waals surface area contributed by atoms with E-state index in [1.54, 1.807) is 0 Å². The van der Waals surface area contributed by atoms with Crippen molar-refractivity contribution in [2.45, 2.75) is 107 Å². The minimum absolute atomic E-state index is 0.283. The predicted molar refractivity (Wildman–Crippen MR) is 274 cm³/mol. The molecule has 84 heavy (non-hydrogen) atoms. The monoisotopic (exact) mass is 1200 g/mol. The Hall–Kier alpha value is -7.92. The number of aromatic nitrogens is 4. The van der Waals surface area contributed by atoms with E-state index < -0.39 is 257 Å². The maximum Gasteiger partial charge on any atom is 0.200 e. The van der Waals surface area contributed by atoms with Crippen molar-refractivity contribution in [2.24, 2.45) is 0 Å². The molecule has 2 aliphatic rings. The molecule has 7 aromatic rings. The molecule has 4 nitrogen and oxygen atoms in total. The van der Waals surface area contributed by atoms with E-state index in [0.29, 0.717) is 0 Å². The number of hydrogen-bond acceptors (Lipinski definition) is 2. The van der Waals surface area contributed by atoms with Crippen molar-refractivity contribution in [1.82, 2.24) is 19.9 Å². The van der Waals surface area contributed by atoms with Crippen molar-refractivity contribution < 1.29 is 87.8 Å². The molecule has 0 saturated carbocycles. The molecule has 442 valence electrons. The Morgan fingerprint density at radius 2 is 0.345 bits per heavy atom. The van der Waals surface area contributed by atoms with Gasteiger partial charge in [0.25, 0.3) is 0 Å². The fourth-order valence-corrected chi connectivity index (χ4v) is 11.7. The third-order valence-electron chi connectivity index (χ3n) is 15.4. The second-order valence-electron chi connectivity index (χ2n) is 19.3. The maximum atomic E-state index is 17.0. The van der Waals surface area contributed by atoms with Gasteiger partial charge in [-0.3, -0.25) is 0 Å². The molecule has 0 radical (unpaired) electrons. The summed E-state index contributed by atoms with van der Waals surface area (Å²) in [7, 11) is 0. The molecule has 8 bridgehead atoms. The average Bonchev–Trinajstić information content (AvgIpc) is 1.67. The van der Waals surface area contributed by atoms with Gasteiger partial charge in [0.2, 0.25) is 23.3 Å². The fraction of sp³-hybridized carbons (Fsp3) is 0.267. The summed E-state index contributed by atoms with van der Waals surface area (Å²) in [5.41, 5.74) is -20.7. The van der Waals surface area contributed by atoms with Crippen molar-refractivity contribution in [1.29, 1.82) is 0 Å². The topological polar surface area (TPSA) is 57.4 Å². The molecule has 4 aromatic carbocycles. The summed E-state index contributed by atoms with van der Waals surface area (Å²) in [5.74, 6) is -51.9. The van der Waals surface area contributed by atoms with Gasteiger partial charge in [0.15, 0.2) is 93.1 Å². The summed E-state index contributed by atoms with van der Waals surface area (Å²) < 4.78 is 323. The number of halogens is 20. The van der Waals surface area contributed by atoms with Crippen LogP contribution < -0.4 is 0 Å². The van der Waals surface area contributed by atoms with Crippen LogP contribution in [0.1, 0.15) is 126 Å². The van der Waals surface area contributed by atoms with E-state index >= 15 is 87.8 Å². The van der Waals surface area contributed by atoms with Gasteiger partial charge in [0, 0.05) is 22.3 Å². The molecule has 0 atom stereocenters. The first-order valence-electron chi connectivity index (χ1n) is 26.2. The Morgan fingerprint density at radius 1 is 0.202 bits per heavy atom. The van der Waals surface area contributed by atoms with Gasteiger partial charge in [-0.05, 0) is 95.9 Å². The normalized spacial score (nSPS) is 12.8. The van der Waals surface area contributed by atoms with E-state index in [1.165, 1.54) is 55.4 Å². The number of hydrogen-bond donors (Lipinski definition) is 2. The van der Waals surface area contributed by atoms with Crippen LogP contribution in [0.2, 0.25) is 0 Å². The van der Waals surface area contributed by atoms with Crippen LogP contribution in [-0.2, 0) is 25.7 Å². The number of aromatic amines is 2. The fourth-order valence-electron chi connectivity index (χ4n) is 11.7. The van der Waals surface area contributed by atoms with Gasteiger partial charge in [-0.15, -0.1) is 0 Å². The Labute approximate surface area is 463 Å². The SMILES string of the molecule is CCC1=C(CC)c2nc1c(-c1c(F)c(F)c(F)c(F)c1F)c1[nH]c(c(CC)c1CC)c(-c1c(F)c(F)c(F)c(F)c1F)c1nc(c(-c3c(F)c(F)c(F)c(F)c3F)c3[nH]c(c(CC)c3CC)c2-c2c(F)c(F)c(F)c(F)c2F)C(CC)=C1CC. The first-order valence-corrected chi connectivity index (χ1v) is 26.2. The maximum absolute atomic E-state index is 17.0. The first kappa shape index (κ1) is 60.7. The van der Waals surface area contributed by atoms with Crippen molar-refractivity contribution in [3.8, 4) is 44.5 Å². The van der Waals surface area contributed by atoms with Gasteiger partial charge < -0.3 is 9.97 Å². The van der Waals surface area contributed by atoms with Crippen molar-refractivity contribution in [3.05, 3.63) is 161 Å². The van der Waals surface area contributed by atoms with E-state index in [2.05, 4.69) is 19.9 Å². The van der Waals surface area contributed by atoms with E-state index in [0.717, 1.165) is 0 Å². The molecular formula is C60H42F20N4. The van der Waals surface area contributed by atoms with Crippen LogP contribution in [0, 0.1) is 116 Å². The molecular weight excluding hydrogens is 1160 g/mol. The van der Waals surface area contributed by atoms with E-state index in [4.69, 9.17) is 0 Å². The zero-order valence-electron chi connectivity index (χ0n) is 45.1. The van der Waals surface area contributed by atoms with Crippen LogP contribution in [0.4, 0.5) is 87.8 Å². The lowest BCUT2D eigenvalue weighted by atomic mass is 9.89. The highest BCUT2D eigenvalue weighted by molar-refractivity contribution is 6.09. The minimum atomic E-state index is -2.69. The Balaban J connectivity index is 1.85. The number of allylic oxidation sites excluding steroid dienone is 4. The third-order valence-corrected chi connectivity index (χ3v) is 15.4. The summed E-state index contributed by atoms with van der Waals surface area (Å²) >= 11 is 0. The smallest absolute Gasteiger partial charge is 0.200 e. The minimum Gasteiger partial charge on any atom is -0.354 e. The summed E-state index contributed by atoms with van der Waals surface area (Å²) in [6, 6.07) is 0. The zero-order valence-corrected chi connectivity index (χ0v) is 45.1. The molecule has 2 aliphatic heterocycles. The molecule has 2 N–H and O–H groups in total. The molecule has 24 heteroatoms. The third kappa shape index (κ3) is 8.47. The number of nitrogens with zero attached hydrogens (tertiary/aromatic N) is 2. The number of H-pyrrole nitrogens is 2. The zero-order chi connectivity index (χ0) is 61.9. The summed E-state index contributed by atoms with van der Waals surface area (Å²) in [5, 5.41) is 0. The van der Waals surface area contributed by atoms with Crippen LogP contribution in [0.3, 0.4) is 0 Å². The quantitative estimate of drug-likeness (QED) is 0.0728. The van der Waals surface area contributed by atoms with Crippen LogP contribution in [0.15, 0.2) is 0 Å². The molecule has 0 spiro atoms. The largest absolute Gasteiger partial charge is 0.354 e. The van der Waals surface area contributed by atoms with Crippen LogP contribution in [0.5, 0.6) is 0 Å². The molecule has 9 rings (SSSR count). The number of nitrogens with one attached hydrogen (secondary N) is 2. The highest BCUT2D eigenvalue weighted by Gasteiger charge is 2.40. The lowest BCUT2D eigenvalue weighted by molar-refractivity contribution is 0.381. The number of fused-ring (bicyclic) bond motifs is 8. The molecule has 3 aromatic heterocycles. The van der Waals surface area contributed by atoms with Gasteiger partial charge in [-0.25, -0.2) is 97.8 Å². The summed E-state index contributed by atoms with van der Waals surface area (Å²) in [6.07, 6.45) is -3.61. The Morgan fingerprint density at radius 3 is 0.476 bits per heavy atom. The van der Waals surface area contributed by atoms with Gasteiger partial charge in [-0.2, -0.15) is 0 Å². The van der Waals surface area contributed by atoms with Crippen LogP contribution in [-0.4, -0.2) is 19.9 Å². The summed E-state index contributed by atoms with van der Waals surface area (Å²) in [4.78, 5) is 14.6. The Bertz CT molecular complexity index is 3650. The second kappa shape index (κ2) is 22.3. The highest BCUT2D eigenvalue weighted by Crippen LogP contribution is 2.53.